The van der Waals surface area contributed by atoms with Crippen LogP contribution in [0.4, 0.5) is 5.69 Å². The van der Waals surface area contributed by atoms with Gasteiger partial charge >= 0.3 is 0 Å². The van der Waals surface area contributed by atoms with Crippen molar-refractivity contribution in [1.82, 2.24) is 10.3 Å². The number of amides is 1. The first-order valence-electron chi connectivity index (χ1n) is 9.30. The van der Waals surface area contributed by atoms with Crippen LogP contribution in [0.15, 0.2) is 65.7 Å². The van der Waals surface area contributed by atoms with E-state index in [9.17, 15) is 13.2 Å². The van der Waals surface area contributed by atoms with Gasteiger partial charge in [-0.25, -0.2) is 8.42 Å². The van der Waals surface area contributed by atoms with Crippen LogP contribution in [0.25, 0.3) is 10.9 Å². The minimum Gasteiger partial charge on any atom is -0.349 e. The van der Waals surface area contributed by atoms with E-state index >= 15 is 0 Å². The van der Waals surface area contributed by atoms with Crippen molar-refractivity contribution in [2.75, 3.05) is 4.72 Å². The molecule has 1 heterocycles. The number of nitrogens with zero attached hydrogens (tertiary/aromatic N) is 1. The highest BCUT2D eigenvalue weighted by molar-refractivity contribution is 7.92. The van der Waals surface area contributed by atoms with E-state index in [0.29, 0.717) is 16.8 Å². The molecular weight excluding hydrogens is 374 g/mol. The number of rotatable bonds is 5. The van der Waals surface area contributed by atoms with Gasteiger partial charge < -0.3 is 5.32 Å². The van der Waals surface area contributed by atoms with Gasteiger partial charge in [-0.3, -0.25) is 14.5 Å². The van der Waals surface area contributed by atoms with Crippen molar-refractivity contribution >= 4 is 32.5 Å². The average Bonchev–Trinajstić information content (AvgIpc) is 3.21. The molecule has 0 radical (unpaired) electrons. The molecule has 6 nitrogen and oxygen atoms in total. The largest absolute Gasteiger partial charge is 0.349 e. The third kappa shape index (κ3) is 3.84. The Hall–Kier alpha value is -2.93. The Morgan fingerprint density at radius 3 is 2.43 bits per heavy atom. The molecule has 0 aliphatic heterocycles. The Morgan fingerprint density at radius 1 is 0.964 bits per heavy atom. The summed E-state index contributed by atoms with van der Waals surface area (Å²) in [6.45, 7) is 0. The van der Waals surface area contributed by atoms with E-state index in [-0.39, 0.29) is 16.8 Å². The summed E-state index contributed by atoms with van der Waals surface area (Å²) in [6.07, 6.45) is 5.90. The van der Waals surface area contributed by atoms with E-state index in [2.05, 4.69) is 15.0 Å². The van der Waals surface area contributed by atoms with Gasteiger partial charge in [0.1, 0.15) is 0 Å². The maximum Gasteiger partial charge on any atom is 0.261 e. The lowest BCUT2D eigenvalue weighted by Crippen LogP contribution is -2.32. The first kappa shape index (κ1) is 18.4. The van der Waals surface area contributed by atoms with Crippen LogP contribution in [0, 0.1) is 0 Å². The molecule has 2 aromatic carbocycles. The summed E-state index contributed by atoms with van der Waals surface area (Å²) in [5.41, 5.74) is 1.46. The molecule has 1 amide bonds. The zero-order chi connectivity index (χ0) is 19.6. The van der Waals surface area contributed by atoms with Gasteiger partial charge in [0.15, 0.2) is 0 Å². The Balaban J connectivity index is 1.53. The second-order valence-electron chi connectivity index (χ2n) is 6.97. The number of para-hydroxylation sites is 1. The van der Waals surface area contributed by atoms with Crippen molar-refractivity contribution in [2.24, 2.45) is 0 Å². The zero-order valence-electron chi connectivity index (χ0n) is 15.3. The smallest absolute Gasteiger partial charge is 0.261 e. The molecule has 2 N–H and O–H groups in total. The monoisotopic (exact) mass is 395 g/mol. The zero-order valence-corrected chi connectivity index (χ0v) is 16.1. The van der Waals surface area contributed by atoms with Crippen LogP contribution in [0.1, 0.15) is 36.0 Å². The molecule has 0 saturated heterocycles. The minimum absolute atomic E-state index is 0.0952. The molecule has 0 bridgehead atoms. The molecule has 1 fully saturated rings. The predicted molar refractivity (Wildman–Crippen MR) is 109 cm³/mol. The standard InChI is InChI=1S/C21H21N3O3S/c25-21(23-17-7-1-2-8-17)16-10-12-18(13-11-16)28(26,27)24-19-9-3-5-15-6-4-14-22-20(15)19/h3-6,9-14,17,24H,1-2,7-8H2,(H,23,25). The van der Waals surface area contributed by atoms with Crippen molar-refractivity contribution in [3.8, 4) is 0 Å². The normalized spacial score (nSPS) is 14.9. The van der Waals surface area contributed by atoms with Gasteiger partial charge in [0, 0.05) is 23.2 Å². The molecule has 0 atom stereocenters. The number of hydrogen-bond donors (Lipinski definition) is 2. The number of carbonyl (C=O) groups is 1. The Labute approximate surface area is 164 Å². The van der Waals surface area contributed by atoms with Crippen molar-refractivity contribution in [3.05, 3.63) is 66.4 Å². The average molecular weight is 395 g/mol. The highest BCUT2D eigenvalue weighted by Crippen LogP contribution is 2.24. The van der Waals surface area contributed by atoms with Crippen molar-refractivity contribution in [1.29, 1.82) is 0 Å². The van der Waals surface area contributed by atoms with Gasteiger partial charge in [-0.1, -0.05) is 31.0 Å². The second-order valence-corrected chi connectivity index (χ2v) is 8.65. The van der Waals surface area contributed by atoms with Gasteiger partial charge in [0.05, 0.1) is 16.1 Å². The molecule has 3 aromatic rings. The lowest BCUT2D eigenvalue weighted by molar-refractivity contribution is 0.0938. The number of benzene rings is 2. The van der Waals surface area contributed by atoms with Crippen LogP contribution in [0.3, 0.4) is 0 Å². The lowest BCUT2D eigenvalue weighted by atomic mass is 10.2. The van der Waals surface area contributed by atoms with Crippen LogP contribution in [0.2, 0.25) is 0 Å². The van der Waals surface area contributed by atoms with Crippen LogP contribution >= 0.6 is 0 Å². The second kappa shape index (κ2) is 7.59. The van der Waals surface area contributed by atoms with E-state index in [1.54, 1.807) is 36.5 Å². The Morgan fingerprint density at radius 2 is 1.68 bits per heavy atom. The van der Waals surface area contributed by atoms with E-state index in [4.69, 9.17) is 0 Å². The van der Waals surface area contributed by atoms with Crippen LogP contribution < -0.4 is 10.0 Å². The molecule has 28 heavy (non-hydrogen) atoms. The highest BCUT2D eigenvalue weighted by Gasteiger charge is 2.20. The van der Waals surface area contributed by atoms with Gasteiger partial charge in [-0.05, 0) is 49.2 Å². The quantitative estimate of drug-likeness (QED) is 0.689. The fraction of sp³-hybridized carbons (Fsp3) is 0.238. The van der Waals surface area contributed by atoms with E-state index in [1.165, 1.54) is 12.1 Å². The summed E-state index contributed by atoms with van der Waals surface area (Å²) < 4.78 is 28.1. The Kier molecular flexibility index (Phi) is 5.00. The summed E-state index contributed by atoms with van der Waals surface area (Å²) >= 11 is 0. The fourth-order valence-corrected chi connectivity index (χ4v) is 4.58. The minimum atomic E-state index is -3.79. The molecule has 1 saturated carbocycles. The molecule has 0 spiro atoms. The third-order valence-electron chi connectivity index (χ3n) is 4.99. The summed E-state index contributed by atoms with van der Waals surface area (Å²) in [7, 11) is -3.79. The SMILES string of the molecule is O=C(NC1CCCC1)c1ccc(S(=O)(=O)Nc2cccc3cccnc23)cc1. The summed E-state index contributed by atoms with van der Waals surface area (Å²) in [5.74, 6) is -0.165. The summed E-state index contributed by atoms with van der Waals surface area (Å²) in [5, 5.41) is 3.85. The summed E-state index contributed by atoms with van der Waals surface area (Å²) in [4.78, 5) is 16.7. The van der Waals surface area contributed by atoms with E-state index in [1.807, 2.05) is 12.1 Å². The van der Waals surface area contributed by atoms with E-state index < -0.39 is 10.0 Å². The van der Waals surface area contributed by atoms with Gasteiger partial charge in [0.25, 0.3) is 15.9 Å². The topological polar surface area (TPSA) is 88.2 Å². The van der Waals surface area contributed by atoms with Crippen LogP contribution in [0.5, 0.6) is 0 Å². The molecular formula is C21H21N3O3S. The third-order valence-corrected chi connectivity index (χ3v) is 6.38. The number of hydrogen-bond acceptors (Lipinski definition) is 4. The van der Waals surface area contributed by atoms with Crippen molar-refractivity contribution in [3.63, 3.8) is 0 Å². The van der Waals surface area contributed by atoms with Crippen molar-refractivity contribution in [2.45, 2.75) is 36.6 Å². The first-order valence-corrected chi connectivity index (χ1v) is 10.8. The molecule has 0 unspecified atom stereocenters. The number of aromatic nitrogens is 1. The molecule has 7 heteroatoms. The number of nitrogens with one attached hydrogen (secondary N) is 2. The predicted octanol–water partition coefficient (Wildman–Crippen LogP) is 3.71. The molecule has 1 aromatic heterocycles. The fourth-order valence-electron chi connectivity index (χ4n) is 3.51. The maximum atomic E-state index is 12.8. The summed E-state index contributed by atoms with van der Waals surface area (Å²) in [6, 6.07) is 15.2. The van der Waals surface area contributed by atoms with Gasteiger partial charge in [-0.15, -0.1) is 0 Å². The van der Waals surface area contributed by atoms with Crippen molar-refractivity contribution < 1.29 is 13.2 Å². The van der Waals surface area contributed by atoms with E-state index in [0.717, 1.165) is 31.1 Å². The van der Waals surface area contributed by atoms with Crippen LogP contribution in [-0.4, -0.2) is 25.4 Å². The molecule has 4 rings (SSSR count). The van der Waals surface area contributed by atoms with Gasteiger partial charge in [-0.2, -0.15) is 0 Å². The number of sulfonamides is 1. The van der Waals surface area contributed by atoms with Crippen LogP contribution in [-0.2, 0) is 10.0 Å². The number of carbonyl (C=O) groups excluding carboxylic acids is 1. The molecule has 1 aliphatic carbocycles. The number of anilines is 1. The lowest BCUT2D eigenvalue weighted by Gasteiger charge is -2.13. The molecule has 144 valence electrons. The maximum absolute atomic E-state index is 12.8. The molecule has 1 aliphatic rings. The number of pyridine rings is 1. The Bertz CT molecular complexity index is 1100. The first-order chi connectivity index (χ1) is 13.5. The van der Waals surface area contributed by atoms with Gasteiger partial charge in [0.2, 0.25) is 0 Å². The number of fused-ring (bicyclic) bond motifs is 1. The highest BCUT2D eigenvalue weighted by atomic mass is 32.2.